The Morgan fingerprint density at radius 1 is 1.43 bits per heavy atom. The van der Waals surface area contributed by atoms with Gasteiger partial charge >= 0.3 is 0 Å². The first kappa shape index (κ1) is 11.8. The van der Waals surface area contributed by atoms with Crippen molar-refractivity contribution in [3.63, 3.8) is 0 Å². The lowest BCUT2D eigenvalue weighted by Gasteiger charge is -2.35. The first-order chi connectivity index (χ1) is 6.64. The summed E-state index contributed by atoms with van der Waals surface area (Å²) < 4.78 is 0. The van der Waals surface area contributed by atoms with E-state index in [9.17, 15) is 0 Å². The summed E-state index contributed by atoms with van der Waals surface area (Å²) in [4.78, 5) is 0. The molecule has 1 fully saturated rings. The Labute approximate surface area is 89.0 Å². The minimum atomic E-state index is 0.566. The third-order valence-corrected chi connectivity index (χ3v) is 3.18. The predicted molar refractivity (Wildman–Crippen MR) is 63.5 cm³/mol. The summed E-state index contributed by atoms with van der Waals surface area (Å²) in [5.41, 5.74) is 0.566. The molecule has 0 heterocycles. The normalized spacial score (nSPS) is 26.9. The molecule has 0 saturated heterocycles. The van der Waals surface area contributed by atoms with Crippen LogP contribution in [0.2, 0.25) is 0 Å². The van der Waals surface area contributed by atoms with E-state index in [1.165, 1.54) is 32.1 Å². The van der Waals surface area contributed by atoms with Crippen LogP contribution in [0.1, 0.15) is 52.9 Å². The molecular formula is C13H25N. The highest BCUT2D eigenvalue weighted by Crippen LogP contribution is 2.34. The van der Waals surface area contributed by atoms with E-state index in [1.54, 1.807) is 0 Å². The van der Waals surface area contributed by atoms with Crippen molar-refractivity contribution in [2.45, 2.75) is 58.9 Å². The minimum Gasteiger partial charge on any atom is -0.314 e. The van der Waals surface area contributed by atoms with Crippen LogP contribution in [0, 0.1) is 5.41 Å². The first-order valence-electron chi connectivity index (χ1n) is 5.98. The third kappa shape index (κ3) is 4.28. The van der Waals surface area contributed by atoms with Crippen LogP contribution < -0.4 is 5.32 Å². The highest BCUT2D eigenvalue weighted by atomic mass is 14.9. The van der Waals surface area contributed by atoms with Gasteiger partial charge in [-0.25, -0.2) is 0 Å². The molecule has 1 nitrogen and oxygen atoms in total. The molecule has 1 unspecified atom stereocenters. The third-order valence-electron chi connectivity index (χ3n) is 3.18. The van der Waals surface area contributed by atoms with Crippen LogP contribution in [0.3, 0.4) is 0 Å². The van der Waals surface area contributed by atoms with E-state index < -0.39 is 0 Å². The number of rotatable bonds is 4. The van der Waals surface area contributed by atoms with Crippen molar-refractivity contribution >= 4 is 0 Å². The van der Waals surface area contributed by atoms with Gasteiger partial charge in [0.05, 0.1) is 0 Å². The van der Waals surface area contributed by atoms with Crippen LogP contribution in [-0.4, -0.2) is 12.6 Å². The molecule has 0 aromatic carbocycles. The van der Waals surface area contributed by atoms with Gasteiger partial charge in [-0.1, -0.05) is 32.4 Å². The SMILES string of the molecule is C/C=C/CCNC1CCCC(C)(C)C1. The maximum absolute atomic E-state index is 3.66. The number of allylic oxidation sites excluding steroid dienone is 1. The first-order valence-corrected chi connectivity index (χ1v) is 5.98. The summed E-state index contributed by atoms with van der Waals surface area (Å²) in [6.45, 7) is 8.02. The van der Waals surface area contributed by atoms with Crippen molar-refractivity contribution in [1.82, 2.24) is 5.32 Å². The smallest absolute Gasteiger partial charge is 0.00722 e. The van der Waals surface area contributed by atoms with Crippen LogP contribution in [0.5, 0.6) is 0 Å². The monoisotopic (exact) mass is 195 g/mol. The van der Waals surface area contributed by atoms with E-state index in [4.69, 9.17) is 0 Å². The second-order valence-corrected chi connectivity index (χ2v) is 5.27. The number of nitrogens with one attached hydrogen (secondary N) is 1. The fourth-order valence-electron chi connectivity index (χ4n) is 2.41. The molecule has 1 heteroatoms. The van der Waals surface area contributed by atoms with E-state index in [-0.39, 0.29) is 0 Å². The molecule has 1 aliphatic carbocycles. The predicted octanol–water partition coefficient (Wildman–Crippen LogP) is 3.51. The molecule has 0 bridgehead atoms. The fraction of sp³-hybridized carbons (Fsp3) is 0.846. The highest BCUT2D eigenvalue weighted by molar-refractivity contribution is 4.84. The Bertz CT molecular complexity index is 182. The lowest BCUT2D eigenvalue weighted by molar-refractivity contribution is 0.199. The zero-order valence-electron chi connectivity index (χ0n) is 9.97. The number of hydrogen-bond donors (Lipinski definition) is 1. The summed E-state index contributed by atoms with van der Waals surface area (Å²) in [5.74, 6) is 0. The van der Waals surface area contributed by atoms with Crippen molar-refractivity contribution in [3.05, 3.63) is 12.2 Å². The van der Waals surface area contributed by atoms with Gasteiger partial charge in [-0.05, 0) is 44.6 Å². The fourth-order valence-corrected chi connectivity index (χ4v) is 2.41. The summed E-state index contributed by atoms with van der Waals surface area (Å²) in [6.07, 6.45) is 11.1. The second kappa shape index (κ2) is 5.55. The zero-order valence-corrected chi connectivity index (χ0v) is 9.97. The summed E-state index contributed by atoms with van der Waals surface area (Å²) in [7, 11) is 0. The molecule has 1 N–H and O–H groups in total. The molecule has 0 radical (unpaired) electrons. The lowest BCUT2D eigenvalue weighted by Crippen LogP contribution is -2.37. The average Bonchev–Trinajstić information content (AvgIpc) is 2.11. The van der Waals surface area contributed by atoms with Gasteiger partial charge in [-0.15, -0.1) is 0 Å². The van der Waals surface area contributed by atoms with Crippen molar-refractivity contribution in [3.8, 4) is 0 Å². The van der Waals surface area contributed by atoms with Crippen molar-refractivity contribution in [2.24, 2.45) is 5.41 Å². The zero-order chi connectivity index (χ0) is 10.4. The molecule has 0 aromatic heterocycles. The van der Waals surface area contributed by atoms with Gasteiger partial charge in [0.25, 0.3) is 0 Å². The van der Waals surface area contributed by atoms with Gasteiger partial charge in [0, 0.05) is 6.04 Å². The Hall–Kier alpha value is -0.300. The Kier molecular flexibility index (Phi) is 4.67. The summed E-state index contributed by atoms with van der Waals surface area (Å²) >= 11 is 0. The van der Waals surface area contributed by atoms with Crippen LogP contribution in [0.25, 0.3) is 0 Å². The van der Waals surface area contributed by atoms with Crippen molar-refractivity contribution in [2.75, 3.05) is 6.54 Å². The molecule has 1 atom stereocenters. The van der Waals surface area contributed by atoms with Crippen molar-refractivity contribution < 1.29 is 0 Å². The van der Waals surface area contributed by atoms with Crippen LogP contribution in [-0.2, 0) is 0 Å². The molecule has 82 valence electrons. The molecule has 1 aliphatic rings. The maximum atomic E-state index is 3.66. The summed E-state index contributed by atoms with van der Waals surface area (Å²) in [5, 5.41) is 3.66. The van der Waals surface area contributed by atoms with E-state index in [0.29, 0.717) is 5.41 Å². The van der Waals surface area contributed by atoms with Gasteiger partial charge in [0.15, 0.2) is 0 Å². The molecule has 14 heavy (non-hydrogen) atoms. The average molecular weight is 195 g/mol. The molecule has 0 amide bonds. The standard InChI is InChI=1S/C13H25N/c1-4-5-6-10-14-12-8-7-9-13(2,3)11-12/h4-5,12,14H,6-11H2,1-3H3/b5-4+. The summed E-state index contributed by atoms with van der Waals surface area (Å²) in [6, 6.07) is 0.768. The molecule has 1 rings (SSSR count). The Morgan fingerprint density at radius 3 is 2.86 bits per heavy atom. The van der Waals surface area contributed by atoms with Gasteiger partial charge < -0.3 is 5.32 Å². The molecular weight excluding hydrogens is 170 g/mol. The molecule has 1 saturated carbocycles. The van der Waals surface area contributed by atoms with E-state index >= 15 is 0 Å². The Balaban J connectivity index is 2.18. The molecule has 0 aliphatic heterocycles. The molecule has 0 spiro atoms. The van der Waals surface area contributed by atoms with E-state index in [0.717, 1.165) is 12.6 Å². The largest absolute Gasteiger partial charge is 0.314 e. The maximum Gasteiger partial charge on any atom is 0.00722 e. The van der Waals surface area contributed by atoms with Crippen LogP contribution in [0.15, 0.2) is 12.2 Å². The Morgan fingerprint density at radius 2 is 2.21 bits per heavy atom. The highest BCUT2D eigenvalue weighted by Gasteiger charge is 2.27. The quantitative estimate of drug-likeness (QED) is 0.534. The van der Waals surface area contributed by atoms with E-state index in [2.05, 4.69) is 38.2 Å². The van der Waals surface area contributed by atoms with Gasteiger partial charge in [-0.2, -0.15) is 0 Å². The second-order valence-electron chi connectivity index (χ2n) is 5.27. The molecule has 0 aromatic rings. The number of hydrogen-bond acceptors (Lipinski definition) is 1. The van der Waals surface area contributed by atoms with Gasteiger partial charge in [0.1, 0.15) is 0 Å². The van der Waals surface area contributed by atoms with Crippen molar-refractivity contribution in [1.29, 1.82) is 0 Å². The minimum absolute atomic E-state index is 0.566. The topological polar surface area (TPSA) is 12.0 Å². The van der Waals surface area contributed by atoms with Crippen LogP contribution in [0.4, 0.5) is 0 Å². The van der Waals surface area contributed by atoms with Gasteiger partial charge in [-0.3, -0.25) is 0 Å². The van der Waals surface area contributed by atoms with E-state index in [1.807, 2.05) is 0 Å². The lowest BCUT2D eigenvalue weighted by atomic mass is 9.75. The van der Waals surface area contributed by atoms with Crippen LogP contribution >= 0.6 is 0 Å². The van der Waals surface area contributed by atoms with Gasteiger partial charge in [0.2, 0.25) is 0 Å².